The quantitative estimate of drug-likeness (QED) is 0.655. The van der Waals surface area contributed by atoms with Crippen LogP contribution in [0.3, 0.4) is 0 Å². The molecule has 0 saturated heterocycles. The maximum Gasteiger partial charge on any atom is 0.127 e. The molecular formula is C14H16N2OS. The predicted octanol–water partition coefficient (Wildman–Crippen LogP) is 2.43. The van der Waals surface area contributed by atoms with Crippen molar-refractivity contribution in [2.24, 2.45) is 5.84 Å². The zero-order chi connectivity index (χ0) is 12.4. The van der Waals surface area contributed by atoms with Gasteiger partial charge in [-0.25, -0.2) is 0 Å². The molecule has 2 aromatic rings. The first kappa shape index (κ1) is 11.7. The summed E-state index contributed by atoms with van der Waals surface area (Å²) in [6.45, 7) is 0.780. The summed E-state index contributed by atoms with van der Waals surface area (Å²) in [5.74, 6) is 6.74. The van der Waals surface area contributed by atoms with Crippen LogP contribution < -0.4 is 16.0 Å². The third kappa shape index (κ3) is 2.14. The number of hydrogen-bond acceptors (Lipinski definition) is 4. The van der Waals surface area contributed by atoms with E-state index in [0.717, 1.165) is 25.2 Å². The summed E-state index contributed by atoms with van der Waals surface area (Å²) in [6, 6.07) is 10.6. The summed E-state index contributed by atoms with van der Waals surface area (Å²) in [5, 5.41) is 2.09. The molecule has 0 fully saturated rings. The number of fused-ring (bicyclic) bond motifs is 1. The summed E-state index contributed by atoms with van der Waals surface area (Å²) in [7, 11) is 0. The Morgan fingerprint density at radius 1 is 1.33 bits per heavy atom. The molecule has 3 nitrogen and oxygen atoms in total. The summed E-state index contributed by atoms with van der Waals surface area (Å²) in [4.78, 5) is 1.33. The van der Waals surface area contributed by atoms with Gasteiger partial charge in [0.1, 0.15) is 5.75 Å². The summed E-state index contributed by atoms with van der Waals surface area (Å²) in [5.41, 5.74) is 5.37. The maximum absolute atomic E-state index is 5.74. The second kappa shape index (κ2) is 5.10. The molecule has 1 aliphatic heterocycles. The average molecular weight is 260 g/mol. The molecule has 18 heavy (non-hydrogen) atoms. The van der Waals surface area contributed by atoms with Crippen LogP contribution >= 0.6 is 11.3 Å². The molecule has 4 heteroatoms. The number of hydrogen-bond donors (Lipinski definition) is 2. The lowest BCUT2D eigenvalue weighted by Crippen LogP contribution is -2.29. The van der Waals surface area contributed by atoms with Gasteiger partial charge in [-0.3, -0.25) is 11.3 Å². The molecule has 94 valence electrons. The van der Waals surface area contributed by atoms with Crippen molar-refractivity contribution in [1.82, 2.24) is 5.43 Å². The van der Waals surface area contributed by atoms with E-state index in [1.807, 2.05) is 0 Å². The maximum atomic E-state index is 5.74. The van der Waals surface area contributed by atoms with E-state index in [4.69, 9.17) is 10.6 Å². The largest absolute Gasteiger partial charge is 0.493 e. The minimum absolute atomic E-state index is 0.108. The summed E-state index contributed by atoms with van der Waals surface area (Å²) in [6.07, 6.45) is 1.90. The first-order valence-corrected chi connectivity index (χ1v) is 6.99. The van der Waals surface area contributed by atoms with E-state index in [2.05, 4.69) is 41.1 Å². The van der Waals surface area contributed by atoms with E-state index in [0.29, 0.717) is 0 Å². The molecule has 1 unspecified atom stereocenters. The van der Waals surface area contributed by atoms with E-state index in [1.165, 1.54) is 16.0 Å². The lowest BCUT2D eigenvalue weighted by atomic mass is 9.99. The van der Waals surface area contributed by atoms with E-state index in [1.54, 1.807) is 11.3 Å². The molecule has 2 heterocycles. The highest BCUT2D eigenvalue weighted by Gasteiger charge is 2.21. The lowest BCUT2D eigenvalue weighted by Gasteiger charge is -2.18. The molecular weight excluding hydrogens is 244 g/mol. The fraction of sp³-hybridized carbons (Fsp3) is 0.286. The van der Waals surface area contributed by atoms with Crippen molar-refractivity contribution in [2.45, 2.75) is 18.9 Å². The lowest BCUT2D eigenvalue weighted by molar-refractivity contribution is 0.348. The van der Waals surface area contributed by atoms with Crippen LogP contribution in [0.25, 0.3) is 0 Å². The Kier molecular flexibility index (Phi) is 3.32. The fourth-order valence-corrected chi connectivity index (χ4v) is 3.16. The number of rotatable bonds is 4. The predicted molar refractivity (Wildman–Crippen MR) is 73.7 cm³/mol. The highest BCUT2D eigenvalue weighted by atomic mass is 32.1. The van der Waals surface area contributed by atoms with E-state index in [-0.39, 0.29) is 6.04 Å². The van der Waals surface area contributed by atoms with Crippen LogP contribution in [0.1, 0.15) is 22.0 Å². The molecule has 3 N–H and O–H groups in total. The normalized spacial score (nSPS) is 15.2. The smallest absolute Gasteiger partial charge is 0.127 e. The van der Waals surface area contributed by atoms with Crippen molar-refractivity contribution in [1.29, 1.82) is 0 Å². The monoisotopic (exact) mass is 260 g/mol. The standard InChI is InChI=1S/C14H16N2OS/c15-16-13(9-11-4-2-8-18-11)12-5-1-3-10-6-7-17-14(10)12/h1-5,8,13,16H,6-7,9,15H2. The first-order valence-electron chi connectivity index (χ1n) is 6.11. The van der Waals surface area contributed by atoms with Gasteiger partial charge in [-0.2, -0.15) is 0 Å². The third-order valence-corrected chi connectivity index (χ3v) is 4.21. The van der Waals surface area contributed by atoms with Crippen LogP contribution in [-0.4, -0.2) is 6.61 Å². The Hall–Kier alpha value is -1.36. The Labute approximate surface area is 111 Å². The van der Waals surface area contributed by atoms with Crippen molar-refractivity contribution in [3.8, 4) is 5.75 Å². The SMILES string of the molecule is NNC(Cc1cccs1)c1cccc2c1OCC2. The van der Waals surface area contributed by atoms with Crippen molar-refractivity contribution in [3.63, 3.8) is 0 Å². The molecule has 0 aliphatic carbocycles. The molecule has 3 rings (SSSR count). The average Bonchev–Trinajstić information content (AvgIpc) is 3.06. The molecule has 1 aromatic carbocycles. The van der Waals surface area contributed by atoms with Crippen LogP contribution in [0, 0.1) is 0 Å². The van der Waals surface area contributed by atoms with Gasteiger partial charge in [0.15, 0.2) is 0 Å². The van der Waals surface area contributed by atoms with Crippen LogP contribution in [0.15, 0.2) is 35.7 Å². The first-order chi connectivity index (χ1) is 8.88. The van der Waals surface area contributed by atoms with E-state index >= 15 is 0 Å². The number of nitrogens with two attached hydrogens (primary N) is 1. The Morgan fingerprint density at radius 2 is 2.28 bits per heavy atom. The number of benzene rings is 1. The Balaban J connectivity index is 1.90. The van der Waals surface area contributed by atoms with Gasteiger partial charge in [0.05, 0.1) is 12.6 Å². The molecule has 0 bridgehead atoms. The van der Waals surface area contributed by atoms with Gasteiger partial charge in [-0.05, 0) is 17.0 Å². The van der Waals surface area contributed by atoms with Crippen molar-refractivity contribution in [3.05, 3.63) is 51.7 Å². The van der Waals surface area contributed by atoms with Crippen LogP contribution in [0.2, 0.25) is 0 Å². The van der Waals surface area contributed by atoms with Crippen LogP contribution in [0.4, 0.5) is 0 Å². The highest BCUT2D eigenvalue weighted by Crippen LogP contribution is 2.34. The van der Waals surface area contributed by atoms with Crippen LogP contribution in [0.5, 0.6) is 5.75 Å². The molecule has 1 aliphatic rings. The van der Waals surface area contributed by atoms with Crippen LogP contribution in [-0.2, 0) is 12.8 Å². The molecule has 0 spiro atoms. The molecule has 1 atom stereocenters. The Bertz CT molecular complexity index is 525. The minimum atomic E-state index is 0.108. The molecule has 0 saturated carbocycles. The fourth-order valence-electron chi connectivity index (χ4n) is 2.40. The highest BCUT2D eigenvalue weighted by molar-refractivity contribution is 7.09. The number of nitrogens with one attached hydrogen (secondary N) is 1. The molecule has 0 amide bonds. The Morgan fingerprint density at radius 3 is 3.06 bits per heavy atom. The van der Waals surface area contributed by atoms with Gasteiger partial charge in [-0.15, -0.1) is 11.3 Å². The second-order valence-corrected chi connectivity index (χ2v) is 5.47. The topological polar surface area (TPSA) is 47.3 Å². The number of para-hydroxylation sites is 1. The molecule has 0 radical (unpaired) electrons. The van der Waals surface area contributed by atoms with Gasteiger partial charge in [0.25, 0.3) is 0 Å². The zero-order valence-corrected chi connectivity index (χ0v) is 10.9. The minimum Gasteiger partial charge on any atom is -0.493 e. The third-order valence-electron chi connectivity index (χ3n) is 3.31. The number of thiophene rings is 1. The van der Waals surface area contributed by atoms with Crippen molar-refractivity contribution in [2.75, 3.05) is 6.61 Å². The van der Waals surface area contributed by atoms with Gasteiger partial charge >= 0.3 is 0 Å². The van der Waals surface area contributed by atoms with E-state index < -0.39 is 0 Å². The van der Waals surface area contributed by atoms with Crippen molar-refractivity contribution < 1.29 is 4.74 Å². The number of ether oxygens (including phenoxy) is 1. The van der Waals surface area contributed by atoms with Gasteiger partial charge in [0.2, 0.25) is 0 Å². The van der Waals surface area contributed by atoms with Crippen molar-refractivity contribution >= 4 is 11.3 Å². The van der Waals surface area contributed by atoms with Gasteiger partial charge in [0, 0.05) is 23.3 Å². The van der Waals surface area contributed by atoms with Gasteiger partial charge in [-0.1, -0.05) is 24.3 Å². The van der Waals surface area contributed by atoms with Gasteiger partial charge < -0.3 is 4.74 Å². The van der Waals surface area contributed by atoms with E-state index in [9.17, 15) is 0 Å². The second-order valence-electron chi connectivity index (χ2n) is 4.44. The molecule has 1 aromatic heterocycles. The zero-order valence-electron chi connectivity index (χ0n) is 10.1. The summed E-state index contributed by atoms with van der Waals surface area (Å²) >= 11 is 1.76. The summed E-state index contributed by atoms with van der Waals surface area (Å²) < 4.78 is 5.74. The number of hydrazine groups is 1.